The molecule has 4 heteroatoms. The van der Waals surface area contributed by atoms with Crippen LogP contribution in [0.2, 0.25) is 0 Å². The molecular formula is C8H12O4. The molecule has 0 heterocycles. The first-order valence-corrected chi connectivity index (χ1v) is 2.91. The number of carbonyl (C=O) groups excluding carboxylic acids is 2. The van der Waals surface area contributed by atoms with Crippen LogP contribution in [0.4, 0.5) is 0 Å². The van der Waals surface area contributed by atoms with Gasteiger partial charge in [0.05, 0.1) is 15.6 Å². The lowest BCUT2D eigenvalue weighted by Gasteiger charge is -1.83. The third-order valence-electron chi connectivity index (χ3n) is 0.677. The lowest BCUT2D eigenvalue weighted by atomic mass is 10.7. The summed E-state index contributed by atoms with van der Waals surface area (Å²) in [6.45, 7) is 6.28. The SMILES string of the molecule is C=CC(=O)OC.[2H]COC(=O)C=C. The van der Waals surface area contributed by atoms with Crippen LogP contribution in [-0.2, 0) is 19.1 Å². The quantitative estimate of drug-likeness (QED) is 0.455. The van der Waals surface area contributed by atoms with E-state index in [0.717, 1.165) is 12.2 Å². The minimum atomic E-state index is -0.546. The topological polar surface area (TPSA) is 52.6 Å². The molecule has 4 nitrogen and oxygen atoms in total. The summed E-state index contributed by atoms with van der Waals surface area (Å²) in [5.41, 5.74) is 0. The van der Waals surface area contributed by atoms with E-state index in [1.165, 1.54) is 7.11 Å². The van der Waals surface area contributed by atoms with E-state index in [1.54, 1.807) is 0 Å². The van der Waals surface area contributed by atoms with Crippen molar-refractivity contribution in [2.45, 2.75) is 0 Å². The molecule has 0 atom stereocenters. The van der Waals surface area contributed by atoms with Gasteiger partial charge >= 0.3 is 11.9 Å². The van der Waals surface area contributed by atoms with E-state index in [1.807, 2.05) is 0 Å². The van der Waals surface area contributed by atoms with Gasteiger partial charge in [-0.3, -0.25) is 0 Å². The molecule has 0 aliphatic heterocycles. The Hall–Kier alpha value is -1.58. The molecule has 0 aromatic carbocycles. The second kappa shape index (κ2) is 9.42. The van der Waals surface area contributed by atoms with Crippen molar-refractivity contribution in [1.29, 1.82) is 0 Å². The molecule has 0 aromatic heterocycles. The second-order valence-corrected chi connectivity index (χ2v) is 1.39. The summed E-state index contributed by atoms with van der Waals surface area (Å²) in [7, 11) is 0.981. The molecule has 0 radical (unpaired) electrons. The molecule has 0 spiro atoms. The van der Waals surface area contributed by atoms with Crippen molar-refractivity contribution in [3.63, 3.8) is 0 Å². The van der Waals surface area contributed by atoms with Crippen LogP contribution < -0.4 is 0 Å². The summed E-state index contributed by atoms with van der Waals surface area (Å²) in [6, 6.07) is 0. The smallest absolute Gasteiger partial charge is 0.329 e. The van der Waals surface area contributed by atoms with Crippen LogP contribution in [0.25, 0.3) is 0 Å². The van der Waals surface area contributed by atoms with Gasteiger partial charge in [0, 0.05) is 12.2 Å². The Morgan fingerprint density at radius 1 is 1.25 bits per heavy atom. The van der Waals surface area contributed by atoms with Gasteiger partial charge in [-0.05, 0) is 0 Å². The Morgan fingerprint density at radius 3 is 1.75 bits per heavy atom. The van der Waals surface area contributed by atoms with E-state index in [0.29, 0.717) is 0 Å². The van der Waals surface area contributed by atoms with Crippen LogP contribution >= 0.6 is 0 Å². The Bertz CT molecular complexity index is 189. The molecule has 0 amide bonds. The predicted molar refractivity (Wildman–Crippen MR) is 44.4 cm³/mol. The van der Waals surface area contributed by atoms with E-state index in [2.05, 4.69) is 22.6 Å². The largest absolute Gasteiger partial charge is 0.466 e. The standard InChI is InChI=1S/2C4H6O2/c2*1-3-4(5)6-2/h2*3H,1H2,2H3/i2D;. The third kappa shape index (κ3) is 11.2. The van der Waals surface area contributed by atoms with Crippen molar-refractivity contribution in [1.82, 2.24) is 0 Å². The summed E-state index contributed by atoms with van der Waals surface area (Å²) in [6.07, 6.45) is 2.13. The highest BCUT2D eigenvalue weighted by Crippen LogP contribution is 1.68. The van der Waals surface area contributed by atoms with E-state index < -0.39 is 11.9 Å². The second-order valence-electron chi connectivity index (χ2n) is 1.39. The first-order chi connectivity index (χ1) is 6.12. The highest BCUT2D eigenvalue weighted by molar-refractivity contribution is 5.81. The van der Waals surface area contributed by atoms with Gasteiger partial charge in [0.1, 0.15) is 0 Å². The maximum atomic E-state index is 9.95. The van der Waals surface area contributed by atoms with Crippen LogP contribution in [0, 0.1) is 0 Å². The molecule has 68 valence electrons. The van der Waals surface area contributed by atoms with Crippen molar-refractivity contribution >= 4 is 11.9 Å². The summed E-state index contributed by atoms with van der Waals surface area (Å²) in [5.74, 6) is -0.940. The van der Waals surface area contributed by atoms with Crippen molar-refractivity contribution in [2.75, 3.05) is 14.2 Å². The molecule has 0 bridgehead atoms. The van der Waals surface area contributed by atoms with Crippen LogP contribution in [0.15, 0.2) is 25.3 Å². The highest BCUT2D eigenvalue weighted by atomic mass is 16.5. The predicted octanol–water partition coefficient (Wildman–Crippen LogP) is 0.691. The molecule has 0 saturated heterocycles. The molecule has 0 unspecified atom stereocenters. The maximum Gasteiger partial charge on any atom is 0.329 e. The van der Waals surface area contributed by atoms with E-state index in [9.17, 15) is 9.59 Å². The van der Waals surface area contributed by atoms with Crippen LogP contribution in [0.3, 0.4) is 0 Å². The number of methoxy groups -OCH3 is 2. The van der Waals surface area contributed by atoms with Crippen molar-refractivity contribution < 1.29 is 20.4 Å². The summed E-state index contributed by atoms with van der Waals surface area (Å²) in [5, 5.41) is 0. The van der Waals surface area contributed by atoms with Crippen LogP contribution in [-0.4, -0.2) is 26.1 Å². The molecule has 0 aliphatic rings. The van der Waals surface area contributed by atoms with Gasteiger partial charge in [0.25, 0.3) is 0 Å². The average Bonchev–Trinajstić information content (AvgIpc) is 2.18. The molecule has 0 aromatic rings. The van der Waals surface area contributed by atoms with Gasteiger partial charge < -0.3 is 9.47 Å². The zero-order valence-corrected chi connectivity index (χ0v) is 6.91. The van der Waals surface area contributed by atoms with Gasteiger partial charge in [0.15, 0.2) is 0 Å². The Morgan fingerprint density at radius 2 is 1.67 bits per heavy atom. The van der Waals surface area contributed by atoms with Gasteiger partial charge in [-0.2, -0.15) is 0 Å². The molecule has 0 N–H and O–H groups in total. The van der Waals surface area contributed by atoms with E-state index in [-0.39, 0.29) is 7.09 Å². The molecule has 0 aliphatic carbocycles. The molecule has 0 saturated carbocycles. The van der Waals surface area contributed by atoms with Gasteiger partial charge in [0.2, 0.25) is 0 Å². The number of esters is 2. The molecule has 0 rings (SSSR count). The van der Waals surface area contributed by atoms with Crippen molar-refractivity contribution in [3.8, 4) is 0 Å². The summed E-state index contributed by atoms with van der Waals surface area (Å²) in [4.78, 5) is 19.8. The molecular weight excluding hydrogens is 160 g/mol. The van der Waals surface area contributed by atoms with Gasteiger partial charge in [-0.1, -0.05) is 13.2 Å². The van der Waals surface area contributed by atoms with Crippen molar-refractivity contribution in [3.05, 3.63) is 25.3 Å². The lowest BCUT2D eigenvalue weighted by Crippen LogP contribution is -1.91. The fraction of sp³-hybridized carbons (Fsp3) is 0.250. The fourth-order valence-electron chi connectivity index (χ4n) is 0.142. The third-order valence-corrected chi connectivity index (χ3v) is 0.677. The Balaban J connectivity index is 0. The lowest BCUT2D eigenvalue weighted by molar-refractivity contribution is -0.135. The fourth-order valence-corrected chi connectivity index (χ4v) is 0.142. The zero-order valence-electron chi connectivity index (χ0n) is 7.91. The maximum absolute atomic E-state index is 9.95. The first kappa shape index (κ1) is 10.4. The monoisotopic (exact) mass is 173 g/mol. The molecule has 12 heavy (non-hydrogen) atoms. The van der Waals surface area contributed by atoms with Gasteiger partial charge in [-0.15, -0.1) is 0 Å². The zero-order chi connectivity index (χ0) is 10.7. The summed E-state index contributed by atoms with van der Waals surface area (Å²) < 4.78 is 14.6. The number of hydrogen-bond donors (Lipinski definition) is 0. The highest BCUT2D eigenvalue weighted by Gasteiger charge is 1.82. The number of ether oxygens (including phenoxy) is 2. The Kier molecular flexibility index (Phi) is 8.18. The Labute approximate surface area is 72.9 Å². The minimum absolute atomic E-state index is 0.329. The number of rotatable bonds is 2. The average molecular weight is 173 g/mol. The molecule has 0 fully saturated rings. The van der Waals surface area contributed by atoms with E-state index in [4.69, 9.17) is 1.37 Å². The van der Waals surface area contributed by atoms with E-state index >= 15 is 0 Å². The van der Waals surface area contributed by atoms with Crippen LogP contribution in [0.1, 0.15) is 1.37 Å². The minimum Gasteiger partial charge on any atom is -0.466 e. The van der Waals surface area contributed by atoms with Crippen molar-refractivity contribution in [2.24, 2.45) is 0 Å². The summed E-state index contributed by atoms with van der Waals surface area (Å²) >= 11 is 0. The number of hydrogen-bond acceptors (Lipinski definition) is 4. The van der Waals surface area contributed by atoms with Gasteiger partial charge in [-0.25, -0.2) is 9.59 Å². The van der Waals surface area contributed by atoms with Crippen LogP contribution in [0.5, 0.6) is 0 Å². The normalized spacial score (nSPS) is 7.92. The first-order valence-electron chi connectivity index (χ1n) is 3.61. The number of carbonyl (C=O) groups is 2.